The molecule has 0 spiro atoms. The standard InChI is InChI=1S/C17H26BrN3/c1-3-19-13(2)16-7-6-14(11-17(16)18)21-10-9-20-8-4-5-15(20)12-21/h6-7,11,13,15,19H,3-5,8-10,12H2,1-2H3. The van der Waals surface area contributed by atoms with Gasteiger partial charge in [0.1, 0.15) is 0 Å². The van der Waals surface area contributed by atoms with Gasteiger partial charge in [-0.25, -0.2) is 0 Å². The molecule has 4 heteroatoms. The molecule has 1 aromatic carbocycles. The van der Waals surface area contributed by atoms with E-state index in [9.17, 15) is 0 Å². The zero-order valence-corrected chi connectivity index (χ0v) is 14.7. The molecule has 2 heterocycles. The molecule has 2 saturated heterocycles. The Morgan fingerprint density at radius 2 is 2.19 bits per heavy atom. The second kappa shape index (κ2) is 6.67. The monoisotopic (exact) mass is 351 g/mol. The van der Waals surface area contributed by atoms with E-state index in [4.69, 9.17) is 0 Å². The van der Waals surface area contributed by atoms with Gasteiger partial charge in [-0.3, -0.25) is 4.90 Å². The number of nitrogens with one attached hydrogen (secondary N) is 1. The van der Waals surface area contributed by atoms with Crippen LogP contribution in [0.15, 0.2) is 22.7 Å². The van der Waals surface area contributed by atoms with Gasteiger partial charge in [-0.05, 0) is 50.6 Å². The summed E-state index contributed by atoms with van der Waals surface area (Å²) in [5, 5.41) is 3.48. The Morgan fingerprint density at radius 3 is 2.95 bits per heavy atom. The number of hydrogen-bond acceptors (Lipinski definition) is 3. The second-order valence-electron chi connectivity index (χ2n) is 6.26. The summed E-state index contributed by atoms with van der Waals surface area (Å²) in [6.45, 7) is 10.2. The highest BCUT2D eigenvalue weighted by atomic mass is 79.9. The lowest BCUT2D eigenvalue weighted by molar-refractivity contribution is 0.231. The largest absolute Gasteiger partial charge is 0.369 e. The summed E-state index contributed by atoms with van der Waals surface area (Å²) < 4.78 is 1.22. The number of piperazine rings is 1. The lowest BCUT2D eigenvalue weighted by atomic mass is 10.1. The van der Waals surface area contributed by atoms with Crippen molar-refractivity contribution < 1.29 is 0 Å². The summed E-state index contributed by atoms with van der Waals surface area (Å²) in [6.07, 6.45) is 2.74. The van der Waals surface area contributed by atoms with Crippen molar-refractivity contribution in [3.05, 3.63) is 28.2 Å². The van der Waals surface area contributed by atoms with Crippen LogP contribution in [0.3, 0.4) is 0 Å². The molecule has 0 aliphatic carbocycles. The van der Waals surface area contributed by atoms with Crippen LogP contribution in [0.25, 0.3) is 0 Å². The third-order valence-electron chi connectivity index (χ3n) is 4.91. The second-order valence-corrected chi connectivity index (χ2v) is 7.12. The Balaban J connectivity index is 1.73. The Morgan fingerprint density at radius 1 is 1.33 bits per heavy atom. The van der Waals surface area contributed by atoms with Gasteiger partial charge in [0.2, 0.25) is 0 Å². The minimum atomic E-state index is 0.394. The zero-order chi connectivity index (χ0) is 14.8. The van der Waals surface area contributed by atoms with Gasteiger partial charge < -0.3 is 10.2 Å². The van der Waals surface area contributed by atoms with Crippen molar-refractivity contribution in [1.29, 1.82) is 0 Å². The molecule has 0 aromatic heterocycles. The maximum atomic E-state index is 3.76. The van der Waals surface area contributed by atoms with Crippen molar-refractivity contribution in [3.8, 4) is 0 Å². The van der Waals surface area contributed by atoms with Crippen molar-refractivity contribution in [3.63, 3.8) is 0 Å². The van der Waals surface area contributed by atoms with Gasteiger partial charge in [0.25, 0.3) is 0 Å². The average Bonchev–Trinajstić information content (AvgIpc) is 2.94. The molecule has 21 heavy (non-hydrogen) atoms. The van der Waals surface area contributed by atoms with E-state index in [1.54, 1.807) is 0 Å². The fraction of sp³-hybridized carbons (Fsp3) is 0.647. The van der Waals surface area contributed by atoms with Gasteiger partial charge in [0.05, 0.1) is 0 Å². The minimum absolute atomic E-state index is 0.394. The number of nitrogens with zero attached hydrogens (tertiary/aromatic N) is 2. The van der Waals surface area contributed by atoms with E-state index in [1.807, 2.05) is 0 Å². The van der Waals surface area contributed by atoms with Crippen LogP contribution in [-0.2, 0) is 0 Å². The Hall–Kier alpha value is -0.580. The fourth-order valence-electron chi connectivity index (χ4n) is 3.71. The molecule has 0 radical (unpaired) electrons. The highest BCUT2D eigenvalue weighted by Crippen LogP contribution is 2.31. The zero-order valence-electron chi connectivity index (χ0n) is 13.1. The first-order chi connectivity index (χ1) is 10.2. The Bertz CT molecular complexity index is 491. The average molecular weight is 352 g/mol. The predicted octanol–water partition coefficient (Wildman–Crippen LogP) is 3.40. The lowest BCUT2D eigenvalue weighted by Gasteiger charge is -2.39. The molecule has 2 fully saturated rings. The van der Waals surface area contributed by atoms with Crippen LogP contribution >= 0.6 is 15.9 Å². The van der Waals surface area contributed by atoms with Crippen LogP contribution in [0.4, 0.5) is 5.69 Å². The molecule has 3 rings (SSSR count). The minimum Gasteiger partial charge on any atom is -0.369 e. The molecule has 116 valence electrons. The van der Waals surface area contributed by atoms with Crippen LogP contribution in [0.2, 0.25) is 0 Å². The van der Waals surface area contributed by atoms with Crippen molar-refractivity contribution in [2.24, 2.45) is 0 Å². The molecule has 1 N–H and O–H groups in total. The van der Waals surface area contributed by atoms with Gasteiger partial charge in [0.15, 0.2) is 0 Å². The van der Waals surface area contributed by atoms with E-state index in [1.165, 1.54) is 48.2 Å². The van der Waals surface area contributed by atoms with Gasteiger partial charge in [-0.15, -0.1) is 0 Å². The Labute approximate surface area is 136 Å². The summed E-state index contributed by atoms with van der Waals surface area (Å²) in [4.78, 5) is 5.21. The van der Waals surface area contributed by atoms with Crippen molar-refractivity contribution in [1.82, 2.24) is 10.2 Å². The van der Waals surface area contributed by atoms with Crippen molar-refractivity contribution in [2.45, 2.75) is 38.8 Å². The number of anilines is 1. The SMILES string of the molecule is CCNC(C)c1ccc(N2CCN3CCCC3C2)cc1Br. The van der Waals surface area contributed by atoms with E-state index in [0.717, 1.165) is 19.1 Å². The third kappa shape index (κ3) is 3.27. The summed E-state index contributed by atoms with van der Waals surface area (Å²) >= 11 is 3.76. The summed E-state index contributed by atoms with van der Waals surface area (Å²) in [7, 11) is 0. The third-order valence-corrected chi connectivity index (χ3v) is 5.60. The van der Waals surface area contributed by atoms with Crippen LogP contribution in [0.5, 0.6) is 0 Å². The quantitative estimate of drug-likeness (QED) is 0.896. The molecular formula is C17H26BrN3. The van der Waals surface area contributed by atoms with Crippen molar-refractivity contribution >= 4 is 21.6 Å². The van der Waals surface area contributed by atoms with Crippen LogP contribution in [0.1, 0.15) is 38.3 Å². The van der Waals surface area contributed by atoms with E-state index in [0.29, 0.717) is 6.04 Å². The van der Waals surface area contributed by atoms with Gasteiger partial charge in [-0.1, -0.05) is 28.9 Å². The maximum Gasteiger partial charge on any atom is 0.0378 e. The highest BCUT2D eigenvalue weighted by Gasteiger charge is 2.30. The number of rotatable bonds is 4. The normalized spacial score (nSPS) is 24.1. The molecule has 2 atom stereocenters. The van der Waals surface area contributed by atoms with Gasteiger partial charge in [-0.2, -0.15) is 0 Å². The molecule has 0 saturated carbocycles. The summed E-state index contributed by atoms with van der Waals surface area (Å²) in [5.74, 6) is 0. The number of benzene rings is 1. The van der Waals surface area contributed by atoms with E-state index < -0.39 is 0 Å². The summed E-state index contributed by atoms with van der Waals surface area (Å²) in [5.41, 5.74) is 2.71. The molecule has 2 unspecified atom stereocenters. The lowest BCUT2D eigenvalue weighted by Crippen LogP contribution is -2.50. The molecule has 2 aliphatic heterocycles. The van der Waals surface area contributed by atoms with Gasteiger partial charge in [0, 0.05) is 41.9 Å². The molecular weight excluding hydrogens is 326 g/mol. The maximum absolute atomic E-state index is 3.76. The summed E-state index contributed by atoms with van der Waals surface area (Å²) in [6, 6.07) is 8.03. The molecule has 0 bridgehead atoms. The molecule has 2 aliphatic rings. The van der Waals surface area contributed by atoms with Crippen LogP contribution in [-0.4, -0.2) is 43.7 Å². The van der Waals surface area contributed by atoms with Crippen molar-refractivity contribution in [2.75, 3.05) is 37.6 Å². The van der Waals surface area contributed by atoms with E-state index in [2.05, 4.69) is 63.1 Å². The smallest absolute Gasteiger partial charge is 0.0378 e. The number of halogens is 1. The Kier molecular flexibility index (Phi) is 4.87. The highest BCUT2D eigenvalue weighted by molar-refractivity contribution is 9.10. The first kappa shape index (κ1) is 15.3. The predicted molar refractivity (Wildman–Crippen MR) is 93.0 cm³/mol. The number of fused-ring (bicyclic) bond motifs is 1. The molecule has 1 aromatic rings. The first-order valence-electron chi connectivity index (χ1n) is 8.21. The van der Waals surface area contributed by atoms with Crippen LogP contribution < -0.4 is 10.2 Å². The topological polar surface area (TPSA) is 18.5 Å². The fourth-order valence-corrected chi connectivity index (χ4v) is 4.42. The molecule has 3 nitrogen and oxygen atoms in total. The van der Waals surface area contributed by atoms with E-state index in [-0.39, 0.29) is 0 Å². The van der Waals surface area contributed by atoms with Gasteiger partial charge >= 0.3 is 0 Å². The van der Waals surface area contributed by atoms with E-state index >= 15 is 0 Å². The number of hydrogen-bond donors (Lipinski definition) is 1. The first-order valence-corrected chi connectivity index (χ1v) is 9.00. The van der Waals surface area contributed by atoms with Crippen LogP contribution in [0, 0.1) is 0 Å². The molecule has 0 amide bonds.